The second kappa shape index (κ2) is 3.58. The minimum Gasteiger partial charge on any atom is -0.316 e. The number of piperidine rings is 1. The predicted octanol–water partition coefficient (Wildman–Crippen LogP) is 0.714. The fourth-order valence-electron chi connectivity index (χ4n) is 2.46. The molecule has 0 aliphatic carbocycles. The third-order valence-electron chi connectivity index (χ3n) is 3.18. The van der Waals surface area contributed by atoms with Crippen molar-refractivity contribution < 1.29 is 0 Å². The molecular weight excluding hydrogens is 148 g/mol. The summed E-state index contributed by atoms with van der Waals surface area (Å²) in [5.41, 5.74) is 0. The van der Waals surface area contributed by atoms with Gasteiger partial charge in [-0.05, 0) is 37.9 Å². The summed E-state index contributed by atoms with van der Waals surface area (Å²) in [6.07, 6.45) is 3.40. The summed E-state index contributed by atoms with van der Waals surface area (Å²) in [6.45, 7) is 9.90. The fraction of sp³-hybridized carbons (Fsp3) is 0.800. The zero-order valence-corrected chi connectivity index (χ0v) is 7.63. The number of rotatable bonds is 2. The molecule has 0 saturated carbocycles. The van der Waals surface area contributed by atoms with Gasteiger partial charge in [0.25, 0.3) is 0 Å². The molecule has 2 heteroatoms. The van der Waals surface area contributed by atoms with Crippen LogP contribution in [0.1, 0.15) is 6.42 Å². The summed E-state index contributed by atoms with van der Waals surface area (Å²) in [4.78, 5) is 2.52. The van der Waals surface area contributed by atoms with Crippen LogP contribution in [0, 0.1) is 11.8 Å². The topological polar surface area (TPSA) is 15.3 Å². The highest BCUT2D eigenvalue weighted by atomic mass is 15.1. The molecule has 0 aromatic carbocycles. The first-order valence-electron chi connectivity index (χ1n) is 4.94. The summed E-state index contributed by atoms with van der Waals surface area (Å²) in [5, 5.41) is 3.47. The maximum absolute atomic E-state index is 3.78. The van der Waals surface area contributed by atoms with Crippen molar-refractivity contribution in [3.63, 3.8) is 0 Å². The van der Waals surface area contributed by atoms with Crippen LogP contribution in [0.2, 0.25) is 0 Å². The van der Waals surface area contributed by atoms with E-state index in [-0.39, 0.29) is 0 Å². The van der Waals surface area contributed by atoms with Gasteiger partial charge in [0.1, 0.15) is 0 Å². The number of fused-ring (bicyclic) bond motifs is 1. The van der Waals surface area contributed by atoms with Gasteiger partial charge < -0.3 is 5.32 Å². The summed E-state index contributed by atoms with van der Waals surface area (Å²) < 4.78 is 0. The summed E-state index contributed by atoms with van der Waals surface area (Å²) in [5.74, 6) is 1.88. The van der Waals surface area contributed by atoms with Gasteiger partial charge in [-0.3, -0.25) is 4.90 Å². The molecule has 2 fully saturated rings. The van der Waals surface area contributed by atoms with Crippen LogP contribution in [-0.4, -0.2) is 37.6 Å². The Morgan fingerprint density at radius 2 is 2.25 bits per heavy atom. The summed E-state index contributed by atoms with van der Waals surface area (Å²) >= 11 is 0. The minimum atomic E-state index is 0.915. The molecule has 2 nitrogen and oxygen atoms in total. The average Bonchev–Trinajstić information content (AvgIpc) is 2.51. The van der Waals surface area contributed by atoms with Crippen molar-refractivity contribution >= 4 is 0 Å². The summed E-state index contributed by atoms with van der Waals surface area (Å²) in [7, 11) is 0. The molecular formula is C10H18N2. The number of nitrogens with one attached hydrogen (secondary N) is 1. The predicted molar refractivity (Wildman–Crippen MR) is 51.1 cm³/mol. The maximum atomic E-state index is 3.78. The van der Waals surface area contributed by atoms with Crippen LogP contribution in [-0.2, 0) is 0 Å². The molecule has 0 radical (unpaired) electrons. The highest BCUT2D eigenvalue weighted by Gasteiger charge is 2.31. The van der Waals surface area contributed by atoms with Gasteiger partial charge >= 0.3 is 0 Å². The first-order valence-corrected chi connectivity index (χ1v) is 4.94. The minimum absolute atomic E-state index is 0.915. The second-order valence-corrected chi connectivity index (χ2v) is 4.02. The molecule has 2 aliphatic heterocycles. The van der Waals surface area contributed by atoms with E-state index in [0.717, 1.165) is 18.4 Å². The van der Waals surface area contributed by atoms with Gasteiger partial charge in [-0.2, -0.15) is 0 Å². The highest BCUT2D eigenvalue weighted by Crippen LogP contribution is 2.25. The Morgan fingerprint density at radius 1 is 1.42 bits per heavy atom. The van der Waals surface area contributed by atoms with Crippen molar-refractivity contribution in [1.82, 2.24) is 10.2 Å². The van der Waals surface area contributed by atoms with Crippen LogP contribution in [0.4, 0.5) is 0 Å². The van der Waals surface area contributed by atoms with Gasteiger partial charge in [0, 0.05) is 13.1 Å². The molecule has 68 valence electrons. The van der Waals surface area contributed by atoms with E-state index in [1.807, 2.05) is 6.08 Å². The molecule has 2 saturated heterocycles. The van der Waals surface area contributed by atoms with Crippen molar-refractivity contribution in [3.05, 3.63) is 12.7 Å². The number of nitrogens with zero attached hydrogens (tertiary/aromatic N) is 1. The SMILES string of the molecule is C=CCN1CCC2CNCC2C1. The van der Waals surface area contributed by atoms with Gasteiger partial charge in [0.05, 0.1) is 0 Å². The first-order chi connectivity index (χ1) is 5.90. The van der Waals surface area contributed by atoms with Crippen LogP contribution in [0.15, 0.2) is 12.7 Å². The Labute approximate surface area is 74.6 Å². The van der Waals surface area contributed by atoms with Gasteiger partial charge in [0.15, 0.2) is 0 Å². The molecule has 12 heavy (non-hydrogen) atoms. The quantitative estimate of drug-likeness (QED) is 0.608. The molecule has 0 amide bonds. The molecule has 2 unspecified atom stereocenters. The van der Waals surface area contributed by atoms with Crippen molar-refractivity contribution in [2.45, 2.75) is 6.42 Å². The lowest BCUT2D eigenvalue weighted by Gasteiger charge is -2.33. The van der Waals surface area contributed by atoms with E-state index >= 15 is 0 Å². The van der Waals surface area contributed by atoms with E-state index in [2.05, 4.69) is 16.8 Å². The highest BCUT2D eigenvalue weighted by molar-refractivity contribution is 4.89. The lowest BCUT2D eigenvalue weighted by molar-refractivity contribution is 0.162. The molecule has 0 aromatic rings. The largest absolute Gasteiger partial charge is 0.316 e. The van der Waals surface area contributed by atoms with E-state index in [9.17, 15) is 0 Å². The second-order valence-electron chi connectivity index (χ2n) is 4.02. The standard InChI is InChI=1S/C10H18N2/c1-2-4-12-5-3-9-6-11-7-10(9)8-12/h2,9-11H,1,3-8H2. The number of hydrogen-bond acceptors (Lipinski definition) is 2. The summed E-state index contributed by atoms with van der Waals surface area (Å²) in [6, 6.07) is 0. The van der Waals surface area contributed by atoms with Crippen LogP contribution in [0.3, 0.4) is 0 Å². The number of likely N-dealkylation sites (tertiary alicyclic amines) is 1. The van der Waals surface area contributed by atoms with Crippen molar-refractivity contribution in [3.8, 4) is 0 Å². The first kappa shape index (κ1) is 8.27. The maximum Gasteiger partial charge on any atom is 0.0160 e. The van der Waals surface area contributed by atoms with E-state index in [0.29, 0.717) is 0 Å². The lowest BCUT2D eigenvalue weighted by atomic mass is 9.89. The van der Waals surface area contributed by atoms with Crippen molar-refractivity contribution in [2.75, 3.05) is 32.7 Å². The van der Waals surface area contributed by atoms with E-state index in [1.165, 1.54) is 32.6 Å². The Bertz CT molecular complexity index is 167. The molecule has 0 spiro atoms. The third kappa shape index (κ3) is 1.54. The van der Waals surface area contributed by atoms with Gasteiger partial charge in [-0.25, -0.2) is 0 Å². The molecule has 2 heterocycles. The third-order valence-corrected chi connectivity index (χ3v) is 3.18. The van der Waals surface area contributed by atoms with Crippen LogP contribution < -0.4 is 5.32 Å². The fourth-order valence-corrected chi connectivity index (χ4v) is 2.46. The molecule has 2 aliphatic rings. The molecule has 0 aromatic heterocycles. The normalized spacial score (nSPS) is 36.3. The smallest absolute Gasteiger partial charge is 0.0160 e. The van der Waals surface area contributed by atoms with Crippen molar-refractivity contribution in [2.24, 2.45) is 11.8 Å². The van der Waals surface area contributed by atoms with E-state index in [4.69, 9.17) is 0 Å². The van der Waals surface area contributed by atoms with Crippen LogP contribution in [0.5, 0.6) is 0 Å². The van der Waals surface area contributed by atoms with Gasteiger partial charge in [-0.15, -0.1) is 6.58 Å². The van der Waals surface area contributed by atoms with Gasteiger partial charge in [0.2, 0.25) is 0 Å². The van der Waals surface area contributed by atoms with E-state index in [1.54, 1.807) is 0 Å². The Morgan fingerprint density at radius 3 is 3.08 bits per heavy atom. The molecule has 1 N–H and O–H groups in total. The Balaban J connectivity index is 1.87. The molecule has 0 bridgehead atoms. The molecule has 2 atom stereocenters. The Kier molecular flexibility index (Phi) is 2.47. The van der Waals surface area contributed by atoms with Gasteiger partial charge in [-0.1, -0.05) is 6.08 Å². The van der Waals surface area contributed by atoms with E-state index < -0.39 is 0 Å². The lowest BCUT2D eigenvalue weighted by Crippen LogP contribution is -2.39. The van der Waals surface area contributed by atoms with Crippen LogP contribution in [0.25, 0.3) is 0 Å². The van der Waals surface area contributed by atoms with Crippen LogP contribution >= 0.6 is 0 Å². The molecule has 2 rings (SSSR count). The zero-order chi connectivity index (χ0) is 8.39. The Hall–Kier alpha value is -0.340. The van der Waals surface area contributed by atoms with Crippen molar-refractivity contribution in [1.29, 1.82) is 0 Å². The average molecular weight is 166 g/mol. The monoisotopic (exact) mass is 166 g/mol. The number of hydrogen-bond donors (Lipinski definition) is 1. The zero-order valence-electron chi connectivity index (χ0n) is 7.63.